The first kappa shape index (κ1) is 12.6. The number of fused-ring (bicyclic) bond motifs is 1. The van der Waals surface area contributed by atoms with Crippen LogP contribution in [-0.2, 0) is 17.8 Å². The molecule has 0 saturated carbocycles. The SMILES string of the molecule is NCc1ccc(-c2ccc3c(c2)C=C(C(=O)O)C3)cc1. The quantitative estimate of drug-likeness (QED) is 0.897. The van der Waals surface area contributed by atoms with Crippen LogP contribution in [0.1, 0.15) is 16.7 Å². The minimum Gasteiger partial charge on any atom is -0.478 e. The van der Waals surface area contributed by atoms with Gasteiger partial charge in [0, 0.05) is 18.5 Å². The first-order valence-corrected chi connectivity index (χ1v) is 6.53. The van der Waals surface area contributed by atoms with Gasteiger partial charge in [-0.25, -0.2) is 4.79 Å². The van der Waals surface area contributed by atoms with Crippen molar-refractivity contribution in [3.05, 3.63) is 64.7 Å². The van der Waals surface area contributed by atoms with Crippen molar-refractivity contribution in [1.29, 1.82) is 0 Å². The molecule has 3 rings (SSSR count). The molecule has 3 nitrogen and oxygen atoms in total. The Morgan fingerprint density at radius 1 is 1.10 bits per heavy atom. The number of hydrogen-bond acceptors (Lipinski definition) is 2. The van der Waals surface area contributed by atoms with Crippen LogP contribution in [-0.4, -0.2) is 11.1 Å². The summed E-state index contributed by atoms with van der Waals surface area (Å²) in [4.78, 5) is 11.0. The van der Waals surface area contributed by atoms with Gasteiger partial charge in [0.2, 0.25) is 0 Å². The van der Waals surface area contributed by atoms with Crippen molar-refractivity contribution in [3.8, 4) is 11.1 Å². The van der Waals surface area contributed by atoms with E-state index < -0.39 is 5.97 Å². The lowest BCUT2D eigenvalue weighted by atomic mass is 9.99. The molecule has 2 aromatic carbocycles. The maximum Gasteiger partial charge on any atom is 0.331 e. The Bertz CT molecular complexity index is 699. The molecule has 0 aliphatic heterocycles. The molecule has 0 aromatic heterocycles. The van der Waals surface area contributed by atoms with Crippen LogP contribution in [0.25, 0.3) is 17.2 Å². The third-order valence-electron chi connectivity index (χ3n) is 3.65. The number of nitrogens with two attached hydrogens (primary N) is 1. The highest BCUT2D eigenvalue weighted by atomic mass is 16.4. The van der Waals surface area contributed by atoms with Crippen molar-refractivity contribution in [3.63, 3.8) is 0 Å². The molecule has 0 atom stereocenters. The topological polar surface area (TPSA) is 63.3 Å². The minimum absolute atomic E-state index is 0.454. The molecule has 0 unspecified atom stereocenters. The zero-order valence-corrected chi connectivity index (χ0v) is 11.0. The molecular weight excluding hydrogens is 250 g/mol. The fourth-order valence-electron chi connectivity index (χ4n) is 2.48. The number of aliphatic carboxylic acids is 1. The summed E-state index contributed by atoms with van der Waals surface area (Å²) in [6.45, 7) is 0.537. The van der Waals surface area contributed by atoms with E-state index in [0.29, 0.717) is 18.5 Å². The second-order valence-corrected chi connectivity index (χ2v) is 4.97. The van der Waals surface area contributed by atoms with E-state index in [-0.39, 0.29) is 0 Å². The Kier molecular flexibility index (Phi) is 3.12. The molecule has 3 N–H and O–H groups in total. The summed E-state index contributed by atoms with van der Waals surface area (Å²) in [7, 11) is 0. The largest absolute Gasteiger partial charge is 0.478 e. The van der Waals surface area contributed by atoms with Crippen LogP contribution in [0.2, 0.25) is 0 Å². The summed E-state index contributed by atoms with van der Waals surface area (Å²) >= 11 is 0. The highest BCUT2D eigenvalue weighted by molar-refractivity contribution is 5.95. The highest BCUT2D eigenvalue weighted by Gasteiger charge is 2.18. The van der Waals surface area contributed by atoms with Crippen LogP contribution in [0.5, 0.6) is 0 Å². The number of carboxylic acid groups (broad SMARTS) is 1. The fraction of sp³-hybridized carbons (Fsp3) is 0.118. The van der Waals surface area contributed by atoms with Gasteiger partial charge in [0.05, 0.1) is 0 Å². The van der Waals surface area contributed by atoms with Gasteiger partial charge < -0.3 is 10.8 Å². The summed E-state index contributed by atoms with van der Waals surface area (Å²) in [6, 6.07) is 14.2. The molecular formula is C17H15NO2. The van der Waals surface area contributed by atoms with Gasteiger partial charge in [-0.15, -0.1) is 0 Å². The number of rotatable bonds is 3. The Hall–Kier alpha value is -2.39. The smallest absolute Gasteiger partial charge is 0.331 e. The fourth-order valence-corrected chi connectivity index (χ4v) is 2.48. The molecule has 0 bridgehead atoms. The molecule has 0 saturated heterocycles. The van der Waals surface area contributed by atoms with Gasteiger partial charge in [-0.3, -0.25) is 0 Å². The lowest BCUT2D eigenvalue weighted by Crippen LogP contribution is -1.99. The Labute approximate surface area is 117 Å². The van der Waals surface area contributed by atoms with Crippen molar-refractivity contribution in [2.45, 2.75) is 13.0 Å². The summed E-state index contributed by atoms with van der Waals surface area (Å²) in [6.07, 6.45) is 2.27. The standard InChI is InChI=1S/C17H15NO2/c18-10-11-1-3-12(4-2-11)13-5-6-14-8-16(17(19)20)9-15(14)7-13/h1-7,9H,8,10,18H2,(H,19,20). The second kappa shape index (κ2) is 4.94. The zero-order valence-electron chi connectivity index (χ0n) is 11.0. The van der Waals surface area contributed by atoms with Gasteiger partial charge in [0.15, 0.2) is 0 Å². The molecule has 0 heterocycles. The molecule has 3 heteroatoms. The molecule has 1 aliphatic rings. The Balaban J connectivity index is 1.96. The highest BCUT2D eigenvalue weighted by Crippen LogP contribution is 2.30. The van der Waals surface area contributed by atoms with E-state index in [2.05, 4.69) is 0 Å². The van der Waals surface area contributed by atoms with E-state index in [1.807, 2.05) is 42.5 Å². The van der Waals surface area contributed by atoms with Crippen LogP contribution >= 0.6 is 0 Å². The molecule has 20 heavy (non-hydrogen) atoms. The second-order valence-electron chi connectivity index (χ2n) is 4.97. The molecule has 2 aromatic rings. The van der Waals surface area contributed by atoms with Gasteiger partial charge in [0.1, 0.15) is 0 Å². The van der Waals surface area contributed by atoms with Crippen LogP contribution in [0.4, 0.5) is 0 Å². The number of carboxylic acids is 1. The molecule has 0 fully saturated rings. The van der Waals surface area contributed by atoms with Crippen LogP contribution in [0, 0.1) is 0 Å². The van der Waals surface area contributed by atoms with Gasteiger partial charge in [0.25, 0.3) is 0 Å². The van der Waals surface area contributed by atoms with Crippen molar-refractivity contribution < 1.29 is 9.90 Å². The van der Waals surface area contributed by atoms with Gasteiger partial charge in [-0.2, -0.15) is 0 Å². The normalized spacial score (nSPS) is 12.9. The van der Waals surface area contributed by atoms with Crippen LogP contribution < -0.4 is 5.73 Å². The summed E-state index contributed by atoms with van der Waals surface area (Å²) < 4.78 is 0. The summed E-state index contributed by atoms with van der Waals surface area (Å²) in [5.74, 6) is -0.838. The third kappa shape index (κ3) is 2.24. The molecule has 100 valence electrons. The average molecular weight is 265 g/mol. The third-order valence-corrected chi connectivity index (χ3v) is 3.65. The molecule has 0 radical (unpaired) electrons. The summed E-state index contributed by atoms with van der Waals surface area (Å²) in [5.41, 5.74) is 11.4. The van der Waals surface area contributed by atoms with Crippen molar-refractivity contribution in [2.24, 2.45) is 5.73 Å². The van der Waals surface area contributed by atoms with Gasteiger partial charge in [-0.05, 0) is 40.0 Å². The average Bonchev–Trinajstić information content (AvgIpc) is 2.90. The predicted octanol–water partition coefficient (Wildman–Crippen LogP) is 2.84. The van der Waals surface area contributed by atoms with Crippen molar-refractivity contribution in [2.75, 3.05) is 0 Å². The van der Waals surface area contributed by atoms with E-state index in [4.69, 9.17) is 10.8 Å². The van der Waals surface area contributed by atoms with Crippen molar-refractivity contribution >= 4 is 12.0 Å². The Morgan fingerprint density at radius 2 is 1.80 bits per heavy atom. The van der Waals surface area contributed by atoms with E-state index in [1.165, 1.54) is 0 Å². The first-order chi connectivity index (χ1) is 9.67. The molecule has 0 spiro atoms. The lowest BCUT2D eigenvalue weighted by Gasteiger charge is -2.06. The van der Waals surface area contributed by atoms with Gasteiger partial charge >= 0.3 is 5.97 Å². The van der Waals surface area contributed by atoms with E-state index in [1.54, 1.807) is 6.08 Å². The van der Waals surface area contributed by atoms with Crippen LogP contribution in [0.15, 0.2) is 48.0 Å². The van der Waals surface area contributed by atoms with Gasteiger partial charge in [-0.1, -0.05) is 36.4 Å². The minimum atomic E-state index is -0.838. The van der Waals surface area contributed by atoms with Crippen LogP contribution in [0.3, 0.4) is 0 Å². The maximum absolute atomic E-state index is 11.0. The summed E-state index contributed by atoms with van der Waals surface area (Å²) in [5, 5.41) is 9.05. The van der Waals surface area contributed by atoms with Crippen molar-refractivity contribution in [1.82, 2.24) is 0 Å². The molecule has 1 aliphatic carbocycles. The monoisotopic (exact) mass is 265 g/mol. The predicted molar refractivity (Wildman–Crippen MR) is 79.1 cm³/mol. The first-order valence-electron chi connectivity index (χ1n) is 6.53. The Morgan fingerprint density at radius 3 is 2.45 bits per heavy atom. The number of carbonyl (C=O) groups is 1. The van der Waals surface area contributed by atoms with E-state index in [0.717, 1.165) is 27.8 Å². The number of benzene rings is 2. The maximum atomic E-state index is 11.0. The van der Waals surface area contributed by atoms with E-state index >= 15 is 0 Å². The van der Waals surface area contributed by atoms with E-state index in [9.17, 15) is 4.79 Å². The number of hydrogen-bond donors (Lipinski definition) is 2. The zero-order chi connectivity index (χ0) is 14.1. The molecule has 0 amide bonds. The lowest BCUT2D eigenvalue weighted by molar-refractivity contribution is -0.132.